The Morgan fingerprint density at radius 2 is 1.93 bits per heavy atom. The van der Waals surface area contributed by atoms with Crippen molar-refractivity contribution in [2.45, 2.75) is 32.6 Å². The van der Waals surface area contributed by atoms with Crippen molar-refractivity contribution in [2.24, 2.45) is 5.92 Å². The van der Waals surface area contributed by atoms with E-state index in [1.807, 2.05) is 6.92 Å². The predicted molar refractivity (Wildman–Crippen MR) is 62.6 cm³/mol. The van der Waals surface area contributed by atoms with E-state index in [9.17, 15) is 4.79 Å². The van der Waals surface area contributed by atoms with Gasteiger partial charge in [-0.2, -0.15) is 0 Å². The first kappa shape index (κ1) is 14.6. The van der Waals surface area contributed by atoms with Gasteiger partial charge in [0.1, 0.15) is 5.78 Å². The summed E-state index contributed by atoms with van der Waals surface area (Å²) in [5, 5.41) is 8.96. The summed E-state index contributed by atoms with van der Waals surface area (Å²) >= 11 is 0. The number of rotatable bonds is 8. The SMILES string of the molecule is CCCC(=O)CC(CCO)C[N+](C)(C)C. The number of ketones is 1. The highest BCUT2D eigenvalue weighted by Gasteiger charge is 2.20. The van der Waals surface area contributed by atoms with Gasteiger partial charge >= 0.3 is 0 Å². The van der Waals surface area contributed by atoms with Crippen LogP contribution in [0.1, 0.15) is 32.6 Å². The Labute approximate surface area is 93.7 Å². The van der Waals surface area contributed by atoms with Gasteiger partial charge in [0.2, 0.25) is 0 Å². The second-order valence-corrected chi connectivity index (χ2v) is 5.34. The lowest BCUT2D eigenvalue weighted by Crippen LogP contribution is -2.40. The topological polar surface area (TPSA) is 37.3 Å². The predicted octanol–water partition coefficient (Wildman–Crippen LogP) is 1.45. The Kier molecular flexibility index (Phi) is 6.77. The normalized spacial score (nSPS) is 13.9. The van der Waals surface area contributed by atoms with Crippen molar-refractivity contribution in [2.75, 3.05) is 34.3 Å². The second kappa shape index (κ2) is 6.96. The largest absolute Gasteiger partial charge is 0.396 e. The van der Waals surface area contributed by atoms with E-state index in [4.69, 9.17) is 5.11 Å². The van der Waals surface area contributed by atoms with Gasteiger partial charge in [0, 0.05) is 25.4 Å². The number of hydrogen-bond acceptors (Lipinski definition) is 2. The Morgan fingerprint density at radius 1 is 1.33 bits per heavy atom. The molecule has 15 heavy (non-hydrogen) atoms. The quantitative estimate of drug-likeness (QED) is 0.624. The molecule has 3 nitrogen and oxygen atoms in total. The van der Waals surface area contributed by atoms with Crippen LogP contribution in [0.5, 0.6) is 0 Å². The van der Waals surface area contributed by atoms with Crippen molar-refractivity contribution in [1.29, 1.82) is 0 Å². The smallest absolute Gasteiger partial charge is 0.133 e. The standard InChI is InChI=1S/C12H26NO2/c1-5-6-12(15)9-11(7-8-14)10-13(2,3)4/h11,14H,5-10H2,1-4H3/q+1. The molecule has 0 aromatic carbocycles. The van der Waals surface area contributed by atoms with Crippen LogP contribution in [-0.4, -0.2) is 49.7 Å². The molecule has 0 aliphatic heterocycles. The second-order valence-electron chi connectivity index (χ2n) is 5.34. The average molecular weight is 216 g/mol. The average Bonchev–Trinajstić information content (AvgIpc) is 2.01. The lowest BCUT2D eigenvalue weighted by atomic mass is 9.96. The minimum Gasteiger partial charge on any atom is -0.396 e. The Balaban J connectivity index is 4.09. The number of carbonyl (C=O) groups is 1. The molecule has 0 aliphatic carbocycles. The molecule has 0 saturated carbocycles. The van der Waals surface area contributed by atoms with Gasteiger partial charge in [0.05, 0.1) is 27.7 Å². The van der Waals surface area contributed by atoms with Crippen LogP contribution >= 0.6 is 0 Å². The van der Waals surface area contributed by atoms with Gasteiger partial charge in [0.25, 0.3) is 0 Å². The number of nitrogens with zero attached hydrogens (tertiary/aromatic N) is 1. The van der Waals surface area contributed by atoms with E-state index >= 15 is 0 Å². The number of hydrogen-bond donors (Lipinski definition) is 1. The minimum absolute atomic E-state index is 0.185. The summed E-state index contributed by atoms with van der Waals surface area (Å²) in [6, 6.07) is 0. The number of carbonyl (C=O) groups excluding carboxylic acids is 1. The maximum atomic E-state index is 11.5. The van der Waals surface area contributed by atoms with Crippen molar-refractivity contribution in [3.8, 4) is 0 Å². The van der Waals surface area contributed by atoms with Gasteiger partial charge in [-0.05, 0) is 12.8 Å². The monoisotopic (exact) mass is 216 g/mol. The van der Waals surface area contributed by atoms with Gasteiger partial charge in [-0.25, -0.2) is 0 Å². The number of aliphatic hydroxyl groups is 1. The van der Waals surface area contributed by atoms with Crippen LogP contribution in [0.15, 0.2) is 0 Å². The van der Waals surface area contributed by atoms with Gasteiger partial charge in [-0.15, -0.1) is 0 Å². The molecule has 1 N–H and O–H groups in total. The van der Waals surface area contributed by atoms with Crippen LogP contribution in [0.4, 0.5) is 0 Å². The number of quaternary nitrogens is 1. The zero-order chi connectivity index (χ0) is 11.9. The first-order chi connectivity index (χ1) is 6.89. The Morgan fingerprint density at radius 3 is 2.33 bits per heavy atom. The summed E-state index contributed by atoms with van der Waals surface area (Å²) in [6.45, 7) is 3.17. The maximum absolute atomic E-state index is 11.5. The van der Waals surface area contributed by atoms with E-state index in [0.29, 0.717) is 24.5 Å². The fourth-order valence-corrected chi connectivity index (χ4v) is 1.92. The van der Waals surface area contributed by atoms with E-state index in [-0.39, 0.29) is 6.61 Å². The molecule has 0 fully saturated rings. The molecule has 0 aliphatic rings. The van der Waals surface area contributed by atoms with Crippen molar-refractivity contribution in [1.82, 2.24) is 0 Å². The fourth-order valence-electron chi connectivity index (χ4n) is 1.92. The van der Waals surface area contributed by atoms with Crippen molar-refractivity contribution < 1.29 is 14.4 Å². The Bertz CT molecular complexity index is 185. The first-order valence-corrected chi connectivity index (χ1v) is 5.82. The molecule has 0 rings (SSSR count). The molecule has 0 amide bonds. The van der Waals surface area contributed by atoms with Crippen LogP contribution in [0, 0.1) is 5.92 Å². The maximum Gasteiger partial charge on any atom is 0.133 e. The van der Waals surface area contributed by atoms with Crippen molar-refractivity contribution in [3.63, 3.8) is 0 Å². The zero-order valence-corrected chi connectivity index (χ0v) is 10.6. The van der Waals surface area contributed by atoms with E-state index in [1.54, 1.807) is 0 Å². The molecule has 3 heteroatoms. The molecule has 90 valence electrons. The van der Waals surface area contributed by atoms with Gasteiger partial charge < -0.3 is 9.59 Å². The number of Topliss-reactive ketones (excluding diaryl/α,β-unsaturated/α-hetero) is 1. The molecule has 0 radical (unpaired) electrons. The van der Waals surface area contributed by atoms with Gasteiger partial charge in [-0.3, -0.25) is 4.79 Å². The third-order valence-corrected chi connectivity index (χ3v) is 2.39. The minimum atomic E-state index is 0.185. The molecule has 1 unspecified atom stereocenters. The Hall–Kier alpha value is -0.410. The van der Waals surface area contributed by atoms with Crippen LogP contribution in [0.25, 0.3) is 0 Å². The molecule has 1 atom stereocenters. The van der Waals surface area contributed by atoms with Crippen LogP contribution < -0.4 is 0 Å². The summed E-state index contributed by atoms with van der Waals surface area (Å²) in [4.78, 5) is 11.5. The summed E-state index contributed by atoms with van der Waals surface area (Å²) in [7, 11) is 6.36. The molecule has 0 heterocycles. The molecular weight excluding hydrogens is 190 g/mol. The third-order valence-electron chi connectivity index (χ3n) is 2.39. The summed E-state index contributed by atoms with van der Waals surface area (Å²) in [5.74, 6) is 0.665. The molecule has 0 spiro atoms. The highest BCUT2D eigenvalue weighted by atomic mass is 16.3. The summed E-state index contributed by atoms with van der Waals surface area (Å²) in [5.41, 5.74) is 0. The lowest BCUT2D eigenvalue weighted by molar-refractivity contribution is -0.873. The van der Waals surface area contributed by atoms with E-state index < -0.39 is 0 Å². The highest BCUT2D eigenvalue weighted by Crippen LogP contribution is 2.14. The molecule has 0 aromatic heterocycles. The van der Waals surface area contributed by atoms with Crippen molar-refractivity contribution in [3.05, 3.63) is 0 Å². The van der Waals surface area contributed by atoms with E-state index in [2.05, 4.69) is 21.1 Å². The van der Waals surface area contributed by atoms with Crippen LogP contribution in [-0.2, 0) is 4.79 Å². The first-order valence-electron chi connectivity index (χ1n) is 5.82. The summed E-state index contributed by atoms with van der Waals surface area (Å²) < 4.78 is 0.851. The third kappa shape index (κ3) is 8.58. The van der Waals surface area contributed by atoms with Gasteiger partial charge in [-0.1, -0.05) is 6.92 Å². The molecule has 0 aromatic rings. The van der Waals surface area contributed by atoms with E-state index in [0.717, 1.165) is 23.9 Å². The van der Waals surface area contributed by atoms with E-state index in [1.165, 1.54) is 0 Å². The van der Waals surface area contributed by atoms with Gasteiger partial charge in [0.15, 0.2) is 0 Å². The molecule has 0 saturated heterocycles. The summed E-state index contributed by atoms with van der Waals surface area (Å²) in [6.07, 6.45) is 2.98. The van der Waals surface area contributed by atoms with Crippen LogP contribution in [0.2, 0.25) is 0 Å². The fraction of sp³-hybridized carbons (Fsp3) is 0.917. The number of aliphatic hydroxyl groups excluding tert-OH is 1. The molecule has 0 bridgehead atoms. The highest BCUT2D eigenvalue weighted by molar-refractivity contribution is 5.78. The lowest BCUT2D eigenvalue weighted by Gasteiger charge is -2.28. The van der Waals surface area contributed by atoms with Crippen LogP contribution in [0.3, 0.4) is 0 Å². The zero-order valence-electron chi connectivity index (χ0n) is 10.6. The van der Waals surface area contributed by atoms with Crippen molar-refractivity contribution >= 4 is 5.78 Å². The molecular formula is C12H26NO2+.